The van der Waals surface area contributed by atoms with Crippen molar-refractivity contribution >= 4 is 17.3 Å². The Kier molecular flexibility index (Phi) is 3.72. The predicted molar refractivity (Wildman–Crippen MR) is 62.5 cm³/mol. The van der Waals surface area contributed by atoms with Gasteiger partial charge >= 0.3 is 0 Å². The van der Waals surface area contributed by atoms with Gasteiger partial charge in [0.2, 0.25) is 0 Å². The Morgan fingerprint density at radius 1 is 1.64 bits per heavy atom. The maximum Gasteiger partial charge on any atom is 0.169 e. The molecule has 1 fully saturated rings. The topological polar surface area (TPSA) is 24.5 Å². The van der Waals surface area contributed by atoms with Gasteiger partial charge in [0.25, 0.3) is 0 Å². The first kappa shape index (κ1) is 11.7. The fourth-order valence-corrected chi connectivity index (χ4v) is 2.15. The van der Waals surface area contributed by atoms with Gasteiger partial charge in [-0.3, -0.25) is 0 Å². The number of morpholine rings is 1. The average molecular weight is 216 g/mol. The third kappa shape index (κ3) is 3.10. The van der Waals surface area contributed by atoms with Gasteiger partial charge in [-0.2, -0.15) is 0 Å². The van der Waals surface area contributed by atoms with Crippen molar-refractivity contribution in [1.82, 2.24) is 10.2 Å². The van der Waals surface area contributed by atoms with Crippen LogP contribution in [0.25, 0.3) is 0 Å². The fraction of sp³-hybridized carbons (Fsp3) is 0.900. The van der Waals surface area contributed by atoms with Gasteiger partial charge in [-0.05, 0) is 39.9 Å². The summed E-state index contributed by atoms with van der Waals surface area (Å²) in [6.45, 7) is 11.0. The number of nitrogens with one attached hydrogen (secondary N) is 1. The molecule has 1 N–H and O–H groups in total. The van der Waals surface area contributed by atoms with Crippen LogP contribution in [0.2, 0.25) is 0 Å². The minimum Gasteiger partial charge on any atom is -0.369 e. The molecule has 1 atom stereocenters. The van der Waals surface area contributed by atoms with E-state index in [4.69, 9.17) is 17.0 Å². The van der Waals surface area contributed by atoms with Crippen LogP contribution in [0.1, 0.15) is 27.7 Å². The van der Waals surface area contributed by atoms with Crippen molar-refractivity contribution in [2.75, 3.05) is 19.6 Å². The summed E-state index contributed by atoms with van der Waals surface area (Å²) in [7, 11) is 0. The molecular formula is C10H20N2OS. The standard InChI is InChI=1S/C10H20N2OS/c1-5-11-9(14)12-6-8(2)13-10(3,4)7-12/h8H,5-7H2,1-4H3,(H,11,14). The minimum absolute atomic E-state index is 0.100. The molecule has 0 aromatic rings. The Hall–Kier alpha value is -0.350. The second kappa shape index (κ2) is 4.45. The van der Waals surface area contributed by atoms with Gasteiger partial charge in [0, 0.05) is 19.6 Å². The average Bonchev–Trinajstić information content (AvgIpc) is 2.00. The van der Waals surface area contributed by atoms with Gasteiger partial charge in [0.1, 0.15) is 0 Å². The van der Waals surface area contributed by atoms with E-state index >= 15 is 0 Å². The van der Waals surface area contributed by atoms with Crippen LogP contribution >= 0.6 is 12.2 Å². The largest absolute Gasteiger partial charge is 0.369 e. The molecule has 0 spiro atoms. The van der Waals surface area contributed by atoms with E-state index in [1.165, 1.54) is 0 Å². The Bertz CT molecular complexity index is 218. The zero-order valence-corrected chi connectivity index (χ0v) is 10.3. The molecule has 1 saturated heterocycles. The third-order valence-electron chi connectivity index (χ3n) is 2.18. The summed E-state index contributed by atoms with van der Waals surface area (Å²) in [4.78, 5) is 2.19. The van der Waals surface area contributed by atoms with Crippen molar-refractivity contribution in [3.63, 3.8) is 0 Å². The monoisotopic (exact) mass is 216 g/mol. The molecular weight excluding hydrogens is 196 g/mol. The molecule has 0 amide bonds. The first-order valence-electron chi connectivity index (χ1n) is 5.15. The number of rotatable bonds is 1. The molecule has 3 nitrogen and oxygen atoms in total. The SMILES string of the molecule is CCNC(=S)N1CC(C)OC(C)(C)C1. The minimum atomic E-state index is -0.100. The van der Waals surface area contributed by atoms with Crippen LogP contribution < -0.4 is 5.32 Å². The predicted octanol–water partition coefficient (Wildman–Crippen LogP) is 1.38. The Morgan fingerprint density at radius 3 is 2.79 bits per heavy atom. The van der Waals surface area contributed by atoms with E-state index in [0.717, 1.165) is 24.7 Å². The van der Waals surface area contributed by atoms with E-state index in [9.17, 15) is 0 Å². The first-order valence-corrected chi connectivity index (χ1v) is 5.56. The second-order valence-electron chi connectivity index (χ2n) is 4.40. The van der Waals surface area contributed by atoms with Crippen LogP contribution in [0.3, 0.4) is 0 Å². The molecule has 0 aromatic carbocycles. The Labute approximate surface area is 91.8 Å². The van der Waals surface area contributed by atoms with Crippen molar-refractivity contribution in [2.24, 2.45) is 0 Å². The molecule has 0 saturated carbocycles. The van der Waals surface area contributed by atoms with Crippen LogP contribution in [0.15, 0.2) is 0 Å². The Balaban J connectivity index is 2.57. The van der Waals surface area contributed by atoms with E-state index in [2.05, 4.69) is 37.9 Å². The zero-order chi connectivity index (χ0) is 10.8. The number of thiocarbonyl (C=S) groups is 1. The molecule has 0 bridgehead atoms. The van der Waals surface area contributed by atoms with Gasteiger partial charge < -0.3 is 15.0 Å². The summed E-state index contributed by atoms with van der Waals surface area (Å²) in [6.07, 6.45) is 0.246. The van der Waals surface area contributed by atoms with Crippen LogP contribution in [0.4, 0.5) is 0 Å². The highest BCUT2D eigenvalue weighted by atomic mass is 32.1. The third-order valence-corrected chi connectivity index (χ3v) is 2.59. The maximum atomic E-state index is 5.80. The molecule has 1 unspecified atom stereocenters. The maximum absolute atomic E-state index is 5.80. The zero-order valence-electron chi connectivity index (χ0n) is 9.46. The summed E-state index contributed by atoms with van der Waals surface area (Å²) in [6, 6.07) is 0. The van der Waals surface area contributed by atoms with Gasteiger partial charge in [0.15, 0.2) is 5.11 Å². The molecule has 1 aliphatic rings. The van der Waals surface area contributed by atoms with Gasteiger partial charge in [-0.1, -0.05) is 0 Å². The van der Waals surface area contributed by atoms with Crippen molar-refractivity contribution < 1.29 is 4.74 Å². The van der Waals surface area contributed by atoms with Crippen molar-refractivity contribution in [1.29, 1.82) is 0 Å². The summed E-state index contributed by atoms with van der Waals surface area (Å²) in [5, 5.41) is 4.02. The number of hydrogen-bond acceptors (Lipinski definition) is 2. The molecule has 82 valence electrons. The van der Waals surface area contributed by atoms with Gasteiger partial charge in [-0.15, -0.1) is 0 Å². The summed E-state index contributed by atoms with van der Waals surface area (Å²) in [5.41, 5.74) is -0.100. The number of nitrogens with zero attached hydrogens (tertiary/aromatic N) is 1. The first-order chi connectivity index (χ1) is 6.44. The number of ether oxygens (including phenoxy) is 1. The van der Waals surface area contributed by atoms with E-state index in [0.29, 0.717) is 0 Å². The summed E-state index contributed by atoms with van der Waals surface area (Å²) >= 11 is 5.29. The van der Waals surface area contributed by atoms with E-state index in [-0.39, 0.29) is 11.7 Å². The smallest absolute Gasteiger partial charge is 0.169 e. The number of hydrogen-bond donors (Lipinski definition) is 1. The molecule has 1 heterocycles. The lowest BCUT2D eigenvalue weighted by atomic mass is 10.1. The van der Waals surface area contributed by atoms with E-state index < -0.39 is 0 Å². The molecule has 0 aromatic heterocycles. The molecule has 0 radical (unpaired) electrons. The molecule has 4 heteroatoms. The highest BCUT2D eigenvalue weighted by molar-refractivity contribution is 7.80. The lowest BCUT2D eigenvalue weighted by molar-refractivity contribution is -0.112. The van der Waals surface area contributed by atoms with Crippen LogP contribution in [-0.2, 0) is 4.74 Å². The van der Waals surface area contributed by atoms with Crippen LogP contribution in [-0.4, -0.2) is 41.4 Å². The van der Waals surface area contributed by atoms with Crippen LogP contribution in [0.5, 0.6) is 0 Å². The Morgan fingerprint density at radius 2 is 2.29 bits per heavy atom. The lowest BCUT2D eigenvalue weighted by Gasteiger charge is -2.42. The van der Waals surface area contributed by atoms with Crippen molar-refractivity contribution in [3.8, 4) is 0 Å². The van der Waals surface area contributed by atoms with Crippen molar-refractivity contribution in [3.05, 3.63) is 0 Å². The van der Waals surface area contributed by atoms with E-state index in [1.807, 2.05) is 0 Å². The highest BCUT2D eigenvalue weighted by Crippen LogP contribution is 2.20. The van der Waals surface area contributed by atoms with Gasteiger partial charge in [0.05, 0.1) is 11.7 Å². The molecule has 1 rings (SSSR count). The molecule has 1 aliphatic heterocycles. The highest BCUT2D eigenvalue weighted by Gasteiger charge is 2.32. The fourth-order valence-electron chi connectivity index (χ4n) is 1.87. The second-order valence-corrected chi connectivity index (χ2v) is 4.79. The molecule has 0 aliphatic carbocycles. The molecule has 14 heavy (non-hydrogen) atoms. The van der Waals surface area contributed by atoms with E-state index in [1.54, 1.807) is 0 Å². The summed E-state index contributed by atoms with van der Waals surface area (Å²) < 4.78 is 5.80. The van der Waals surface area contributed by atoms with Gasteiger partial charge in [-0.25, -0.2) is 0 Å². The quantitative estimate of drug-likeness (QED) is 0.669. The summed E-state index contributed by atoms with van der Waals surface area (Å²) in [5.74, 6) is 0. The van der Waals surface area contributed by atoms with Crippen LogP contribution in [0, 0.1) is 0 Å². The normalized spacial score (nSPS) is 26.0. The lowest BCUT2D eigenvalue weighted by Crippen LogP contribution is -2.56. The van der Waals surface area contributed by atoms with Crippen molar-refractivity contribution in [2.45, 2.75) is 39.4 Å².